The van der Waals surface area contributed by atoms with E-state index in [2.05, 4.69) is 16.3 Å². The summed E-state index contributed by atoms with van der Waals surface area (Å²) in [4.78, 5) is 22.5. The molecule has 0 amide bonds. The van der Waals surface area contributed by atoms with Gasteiger partial charge >= 0.3 is 0 Å². The van der Waals surface area contributed by atoms with Gasteiger partial charge in [-0.1, -0.05) is 18.5 Å². The second kappa shape index (κ2) is 4.71. The number of nitrogens with zero attached hydrogens (tertiary/aromatic N) is 3. The number of carbonyl (C=O) groups excluding carboxylic acids is 1. The molecular formula is C21H14ClN3O. The van der Waals surface area contributed by atoms with E-state index in [1.807, 2.05) is 36.7 Å². The molecular weight excluding hydrogens is 346 g/mol. The molecule has 5 aromatic rings. The van der Waals surface area contributed by atoms with Crippen LogP contribution in [-0.2, 0) is 6.42 Å². The van der Waals surface area contributed by atoms with E-state index >= 15 is 0 Å². The minimum absolute atomic E-state index is 0.180. The molecule has 26 heavy (non-hydrogen) atoms. The number of aromatic nitrogens is 3. The van der Waals surface area contributed by atoms with E-state index in [0.29, 0.717) is 17.4 Å². The van der Waals surface area contributed by atoms with Crippen molar-refractivity contribution < 1.29 is 4.79 Å². The number of halogens is 1. The summed E-state index contributed by atoms with van der Waals surface area (Å²) < 4.78 is 2.08. The largest absolute Gasteiger partial charge is 0.298 e. The summed E-state index contributed by atoms with van der Waals surface area (Å²) >= 11 is 6.33. The third kappa shape index (κ3) is 1.68. The van der Waals surface area contributed by atoms with E-state index in [0.717, 1.165) is 55.9 Å². The Morgan fingerprint density at radius 1 is 1.12 bits per heavy atom. The number of ketones is 1. The molecule has 0 spiro atoms. The number of pyridine rings is 2. The molecule has 5 heteroatoms. The molecule has 0 aliphatic heterocycles. The zero-order valence-corrected chi connectivity index (χ0v) is 14.8. The summed E-state index contributed by atoms with van der Waals surface area (Å²) in [7, 11) is 0. The van der Waals surface area contributed by atoms with Gasteiger partial charge in [-0.05, 0) is 42.7 Å². The summed E-state index contributed by atoms with van der Waals surface area (Å²) in [6.07, 6.45) is 3.23. The molecule has 0 saturated carbocycles. The smallest absolute Gasteiger partial charge is 0.165 e. The van der Waals surface area contributed by atoms with Crippen molar-refractivity contribution >= 4 is 55.6 Å². The molecule has 0 fully saturated rings. The Morgan fingerprint density at radius 3 is 2.85 bits per heavy atom. The lowest BCUT2D eigenvalue weighted by Crippen LogP contribution is -2.20. The van der Waals surface area contributed by atoms with Crippen molar-refractivity contribution in [3.05, 3.63) is 52.9 Å². The number of hydrogen-bond donors (Lipinski definition) is 0. The second-order valence-corrected chi connectivity index (χ2v) is 7.78. The molecule has 0 bridgehead atoms. The summed E-state index contributed by atoms with van der Waals surface area (Å²) in [5.41, 5.74) is 5.55. The lowest BCUT2D eigenvalue weighted by molar-refractivity contribution is 0.0954. The molecule has 2 aromatic carbocycles. The van der Waals surface area contributed by atoms with Crippen LogP contribution < -0.4 is 0 Å². The van der Waals surface area contributed by atoms with E-state index in [1.54, 1.807) is 0 Å². The fourth-order valence-corrected chi connectivity index (χ4v) is 4.72. The summed E-state index contributed by atoms with van der Waals surface area (Å²) in [6.45, 7) is 2.11. The fourth-order valence-electron chi connectivity index (χ4n) is 4.54. The number of hydrogen-bond acceptors (Lipinski definition) is 3. The first-order valence-corrected chi connectivity index (χ1v) is 9.16. The zero-order valence-electron chi connectivity index (χ0n) is 14.1. The van der Waals surface area contributed by atoms with Crippen molar-refractivity contribution in [2.24, 2.45) is 5.92 Å². The van der Waals surface area contributed by atoms with E-state index in [9.17, 15) is 4.79 Å². The van der Waals surface area contributed by atoms with Gasteiger partial charge in [0.25, 0.3) is 0 Å². The summed E-state index contributed by atoms with van der Waals surface area (Å²) in [5, 5.41) is 3.64. The van der Waals surface area contributed by atoms with Crippen molar-refractivity contribution in [2.45, 2.75) is 19.8 Å². The average Bonchev–Trinajstić information content (AvgIpc) is 3.04. The number of imidazole rings is 1. The molecule has 3 heterocycles. The Balaban J connectivity index is 2.00. The second-order valence-electron chi connectivity index (χ2n) is 7.35. The number of carbonyl (C=O) groups is 1. The first kappa shape index (κ1) is 14.4. The maximum atomic E-state index is 13.0. The fraction of sp³-hybridized carbons (Fsp3) is 0.190. The Labute approximate surface area is 153 Å². The zero-order chi connectivity index (χ0) is 17.6. The quantitative estimate of drug-likeness (QED) is 0.287. The topological polar surface area (TPSA) is 47.3 Å². The van der Waals surface area contributed by atoms with E-state index < -0.39 is 0 Å². The van der Waals surface area contributed by atoms with Crippen molar-refractivity contribution in [1.29, 1.82) is 0 Å². The monoisotopic (exact) mass is 359 g/mol. The molecule has 126 valence electrons. The first-order valence-electron chi connectivity index (χ1n) is 8.78. The number of Topliss-reactive ketones (excluding diaryl/α,β-unsaturated/α-hetero) is 1. The van der Waals surface area contributed by atoms with E-state index in [4.69, 9.17) is 16.6 Å². The molecule has 1 unspecified atom stereocenters. The molecule has 1 aliphatic rings. The number of benzene rings is 2. The maximum Gasteiger partial charge on any atom is 0.165 e. The summed E-state index contributed by atoms with van der Waals surface area (Å²) in [5.74, 6) is 0.503. The Bertz CT molecular complexity index is 1380. The van der Waals surface area contributed by atoms with Crippen LogP contribution in [0.3, 0.4) is 0 Å². The standard InChI is InChI=1S/C21H14ClN3O/c1-10-6-15-19(17(26)7-10)18-12-8-11(22)2-5-16(12)25-9-23-14-4-3-13(24-15)20(18)21(14)25/h2-5,8-10H,6-7H2,1H3. The van der Waals surface area contributed by atoms with Crippen LogP contribution in [0.5, 0.6) is 0 Å². The highest BCUT2D eigenvalue weighted by Gasteiger charge is 2.29. The van der Waals surface area contributed by atoms with Gasteiger partial charge in [0.1, 0.15) is 6.33 Å². The lowest BCUT2D eigenvalue weighted by atomic mass is 9.83. The van der Waals surface area contributed by atoms with E-state index in [-0.39, 0.29) is 5.78 Å². The molecule has 1 atom stereocenters. The minimum Gasteiger partial charge on any atom is -0.298 e. The Kier molecular flexibility index (Phi) is 2.62. The van der Waals surface area contributed by atoms with Gasteiger partial charge in [0.05, 0.1) is 27.8 Å². The number of rotatable bonds is 0. The van der Waals surface area contributed by atoms with Crippen LogP contribution in [0.15, 0.2) is 36.7 Å². The van der Waals surface area contributed by atoms with Crippen LogP contribution in [-0.4, -0.2) is 20.2 Å². The average molecular weight is 360 g/mol. The minimum atomic E-state index is 0.180. The van der Waals surface area contributed by atoms with Gasteiger partial charge in [-0.3, -0.25) is 14.2 Å². The first-order chi connectivity index (χ1) is 12.6. The van der Waals surface area contributed by atoms with Gasteiger partial charge in [-0.25, -0.2) is 4.98 Å². The van der Waals surface area contributed by atoms with Gasteiger partial charge in [-0.15, -0.1) is 0 Å². The van der Waals surface area contributed by atoms with Crippen LogP contribution in [0, 0.1) is 5.92 Å². The lowest BCUT2D eigenvalue weighted by Gasteiger charge is -2.23. The van der Waals surface area contributed by atoms with Crippen LogP contribution in [0.25, 0.3) is 38.2 Å². The van der Waals surface area contributed by atoms with Crippen molar-refractivity contribution in [3.8, 4) is 0 Å². The van der Waals surface area contributed by atoms with E-state index in [1.165, 1.54) is 0 Å². The van der Waals surface area contributed by atoms with Crippen molar-refractivity contribution in [1.82, 2.24) is 14.4 Å². The molecule has 4 nitrogen and oxygen atoms in total. The Morgan fingerprint density at radius 2 is 1.96 bits per heavy atom. The van der Waals surface area contributed by atoms with Crippen LogP contribution in [0.4, 0.5) is 0 Å². The maximum absolute atomic E-state index is 13.0. The normalized spacial score (nSPS) is 17.8. The highest BCUT2D eigenvalue weighted by molar-refractivity contribution is 6.33. The Hall–Kier alpha value is -2.72. The van der Waals surface area contributed by atoms with Crippen LogP contribution in [0.1, 0.15) is 29.4 Å². The molecule has 0 N–H and O–H groups in total. The van der Waals surface area contributed by atoms with Gasteiger partial charge in [0, 0.05) is 33.2 Å². The van der Waals surface area contributed by atoms with Gasteiger partial charge in [0.15, 0.2) is 5.78 Å². The third-order valence-corrected chi connectivity index (χ3v) is 5.81. The highest BCUT2D eigenvalue weighted by Crippen LogP contribution is 2.41. The summed E-state index contributed by atoms with van der Waals surface area (Å²) in [6, 6.07) is 9.86. The molecule has 6 rings (SSSR count). The van der Waals surface area contributed by atoms with Gasteiger partial charge < -0.3 is 0 Å². The van der Waals surface area contributed by atoms with Crippen LogP contribution >= 0.6 is 11.6 Å². The predicted molar refractivity (Wildman–Crippen MR) is 104 cm³/mol. The van der Waals surface area contributed by atoms with Crippen LogP contribution in [0.2, 0.25) is 5.02 Å². The van der Waals surface area contributed by atoms with Crippen molar-refractivity contribution in [2.75, 3.05) is 0 Å². The van der Waals surface area contributed by atoms with Gasteiger partial charge in [-0.2, -0.15) is 0 Å². The SMILES string of the molecule is CC1CC(=O)c2c(nc3ccc4ncn5c6ccc(Cl)cc6c2c3c45)C1. The molecule has 1 aliphatic carbocycles. The molecule has 3 aromatic heterocycles. The molecule has 0 radical (unpaired) electrons. The van der Waals surface area contributed by atoms with Gasteiger partial charge in [0.2, 0.25) is 0 Å². The predicted octanol–water partition coefficient (Wildman–Crippen LogP) is 5.05. The highest BCUT2D eigenvalue weighted by atomic mass is 35.5. The third-order valence-electron chi connectivity index (χ3n) is 5.57. The molecule has 0 saturated heterocycles. The number of fused-ring (bicyclic) bond motifs is 5. The van der Waals surface area contributed by atoms with Crippen molar-refractivity contribution in [3.63, 3.8) is 0 Å².